The highest BCUT2D eigenvalue weighted by Crippen LogP contribution is 2.38. The number of rotatable bonds is 4. The van der Waals surface area contributed by atoms with Crippen LogP contribution < -0.4 is 0 Å². The normalized spacial score (nSPS) is 16.5. The Bertz CT molecular complexity index is 1250. The Morgan fingerprint density at radius 2 is 2.00 bits per heavy atom. The van der Waals surface area contributed by atoms with Crippen molar-refractivity contribution in [2.45, 2.75) is 46.2 Å². The van der Waals surface area contributed by atoms with Crippen LogP contribution in [0.2, 0.25) is 0 Å². The Labute approximate surface area is 183 Å². The minimum absolute atomic E-state index is 0.0632. The summed E-state index contributed by atoms with van der Waals surface area (Å²) in [6.07, 6.45) is 1.94. The van der Waals surface area contributed by atoms with Crippen LogP contribution in [-0.4, -0.2) is 37.3 Å². The second-order valence-corrected chi connectivity index (χ2v) is 9.23. The molecule has 160 valence electrons. The molecule has 1 aliphatic rings. The van der Waals surface area contributed by atoms with Crippen LogP contribution in [0.4, 0.5) is 4.39 Å². The first kappa shape index (κ1) is 19.9. The van der Waals surface area contributed by atoms with E-state index in [4.69, 9.17) is 0 Å². The molecule has 1 aromatic carbocycles. The molecule has 0 radical (unpaired) electrons. The third-order valence-electron chi connectivity index (χ3n) is 6.10. The summed E-state index contributed by atoms with van der Waals surface area (Å²) in [6, 6.07) is 8.48. The third-order valence-corrected chi connectivity index (χ3v) is 7.23. The van der Waals surface area contributed by atoms with Gasteiger partial charge in [0.05, 0.1) is 28.9 Å². The lowest BCUT2D eigenvalue weighted by atomic mass is 10.0. The number of H-pyrrole nitrogens is 1. The summed E-state index contributed by atoms with van der Waals surface area (Å²) in [4.78, 5) is 17.2. The maximum Gasteiger partial charge on any atom is 0.264 e. The summed E-state index contributed by atoms with van der Waals surface area (Å²) in [7, 11) is 0. The number of hydrogen-bond donors (Lipinski definition) is 1. The van der Waals surface area contributed by atoms with Crippen molar-refractivity contribution in [3.63, 3.8) is 0 Å². The van der Waals surface area contributed by atoms with Crippen molar-refractivity contribution < 1.29 is 9.18 Å². The molecule has 4 heterocycles. The Morgan fingerprint density at radius 3 is 2.71 bits per heavy atom. The number of aromatic nitrogens is 4. The molecule has 1 fully saturated rings. The first-order chi connectivity index (χ1) is 14.9. The molecule has 3 aromatic heterocycles. The number of nitrogens with zero attached hydrogens (tertiary/aromatic N) is 4. The van der Waals surface area contributed by atoms with E-state index in [0.717, 1.165) is 62.7 Å². The van der Waals surface area contributed by atoms with E-state index in [2.05, 4.69) is 15.3 Å². The van der Waals surface area contributed by atoms with Gasteiger partial charge in [-0.05, 0) is 57.4 Å². The van der Waals surface area contributed by atoms with Crippen LogP contribution in [0, 0.1) is 26.6 Å². The van der Waals surface area contributed by atoms with Gasteiger partial charge in [0.1, 0.15) is 10.6 Å². The standard InChI is InChI=1S/C23H24FN5OS/c1-13-18-11-20(31-23(18)29(27-13)12-16-6-8-17(24)9-7-16)22(30)28-10-4-5-19(28)21-14(2)25-26-15(21)3/h6-9,11,19H,4-5,10,12H2,1-3H3,(H,25,26). The van der Waals surface area contributed by atoms with E-state index in [1.165, 1.54) is 23.5 Å². The number of aryl methyl sites for hydroxylation is 3. The van der Waals surface area contributed by atoms with Crippen LogP contribution in [0.1, 0.15) is 56.8 Å². The topological polar surface area (TPSA) is 66.8 Å². The SMILES string of the molecule is Cc1n[nH]c(C)c1C1CCCN1C(=O)c1cc2c(C)nn(Cc3ccc(F)cc3)c2s1. The van der Waals surface area contributed by atoms with Crippen LogP contribution in [0.15, 0.2) is 30.3 Å². The lowest BCUT2D eigenvalue weighted by Crippen LogP contribution is -2.30. The van der Waals surface area contributed by atoms with E-state index < -0.39 is 0 Å². The van der Waals surface area contributed by atoms with Crippen LogP contribution in [0.25, 0.3) is 10.2 Å². The van der Waals surface area contributed by atoms with Gasteiger partial charge >= 0.3 is 0 Å². The molecular formula is C23H24FN5OS. The number of halogens is 1. The van der Waals surface area contributed by atoms with Crippen molar-refractivity contribution in [1.82, 2.24) is 24.9 Å². The first-order valence-electron chi connectivity index (χ1n) is 10.5. The Kier molecular flexibility index (Phi) is 4.89. The van der Waals surface area contributed by atoms with Gasteiger partial charge in [-0.1, -0.05) is 12.1 Å². The summed E-state index contributed by atoms with van der Waals surface area (Å²) >= 11 is 1.48. The molecule has 5 rings (SSSR count). The molecule has 0 spiro atoms. The second kappa shape index (κ2) is 7.60. The number of carbonyl (C=O) groups excluding carboxylic acids is 1. The van der Waals surface area contributed by atoms with Gasteiger partial charge in [0, 0.05) is 23.2 Å². The fourth-order valence-corrected chi connectivity index (χ4v) is 5.71. The lowest BCUT2D eigenvalue weighted by molar-refractivity contribution is 0.0740. The average Bonchev–Trinajstić information content (AvgIpc) is 3.50. The van der Waals surface area contributed by atoms with Crippen molar-refractivity contribution in [1.29, 1.82) is 0 Å². The molecule has 1 saturated heterocycles. The van der Waals surface area contributed by atoms with E-state index in [-0.39, 0.29) is 17.8 Å². The number of nitrogens with one attached hydrogen (secondary N) is 1. The predicted octanol–water partition coefficient (Wildman–Crippen LogP) is 4.91. The highest BCUT2D eigenvalue weighted by Gasteiger charge is 2.34. The van der Waals surface area contributed by atoms with Crippen LogP contribution in [-0.2, 0) is 6.54 Å². The van der Waals surface area contributed by atoms with E-state index in [9.17, 15) is 9.18 Å². The number of aromatic amines is 1. The van der Waals surface area contributed by atoms with Gasteiger partial charge in [-0.15, -0.1) is 11.3 Å². The molecule has 0 aliphatic carbocycles. The molecule has 1 atom stereocenters. The lowest BCUT2D eigenvalue weighted by Gasteiger charge is -2.24. The quantitative estimate of drug-likeness (QED) is 0.493. The summed E-state index contributed by atoms with van der Waals surface area (Å²) in [5.41, 5.74) is 5.00. The van der Waals surface area contributed by atoms with Gasteiger partial charge < -0.3 is 4.90 Å². The van der Waals surface area contributed by atoms with Crippen LogP contribution in [0.5, 0.6) is 0 Å². The molecule has 1 aliphatic heterocycles. The molecule has 6 nitrogen and oxygen atoms in total. The molecule has 1 N–H and O–H groups in total. The molecule has 1 unspecified atom stereocenters. The van der Waals surface area contributed by atoms with Gasteiger partial charge in [-0.2, -0.15) is 10.2 Å². The minimum atomic E-state index is -0.252. The van der Waals surface area contributed by atoms with Gasteiger partial charge in [-0.25, -0.2) is 4.39 Å². The Balaban J connectivity index is 1.46. The molecule has 4 aromatic rings. The van der Waals surface area contributed by atoms with Crippen molar-refractivity contribution >= 4 is 27.5 Å². The molecule has 0 bridgehead atoms. The van der Waals surface area contributed by atoms with Gasteiger partial charge in [-0.3, -0.25) is 14.6 Å². The summed E-state index contributed by atoms with van der Waals surface area (Å²) < 4.78 is 15.1. The molecule has 1 amide bonds. The molecular weight excluding hydrogens is 413 g/mol. The second-order valence-electron chi connectivity index (χ2n) is 8.20. The smallest absolute Gasteiger partial charge is 0.264 e. The maximum absolute atomic E-state index is 13.5. The van der Waals surface area contributed by atoms with E-state index in [1.807, 2.05) is 36.4 Å². The highest BCUT2D eigenvalue weighted by molar-refractivity contribution is 7.20. The average molecular weight is 438 g/mol. The fourth-order valence-electron chi connectivity index (χ4n) is 4.59. The van der Waals surface area contributed by atoms with Gasteiger partial charge in [0.25, 0.3) is 5.91 Å². The number of fused-ring (bicyclic) bond motifs is 1. The summed E-state index contributed by atoms with van der Waals surface area (Å²) in [6.45, 7) is 7.26. The van der Waals surface area contributed by atoms with E-state index in [1.54, 1.807) is 12.1 Å². The number of likely N-dealkylation sites (tertiary alicyclic amines) is 1. The number of hydrogen-bond acceptors (Lipinski definition) is 4. The zero-order valence-corrected chi connectivity index (χ0v) is 18.6. The van der Waals surface area contributed by atoms with Crippen molar-refractivity contribution in [3.05, 3.63) is 69.2 Å². The number of carbonyl (C=O) groups is 1. The molecule has 8 heteroatoms. The van der Waals surface area contributed by atoms with Gasteiger partial charge in [0.2, 0.25) is 0 Å². The number of benzene rings is 1. The molecule has 0 saturated carbocycles. The molecule has 31 heavy (non-hydrogen) atoms. The predicted molar refractivity (Wildman–Crippen MR) is 119 cm³/mol. The van der Waals surface area contributed by atoms with Crippen molar-refractivity contribution in [3.8, 4) is 0 Å². The Morgan fingerprint density at radius 1 is 1.23 bits per heavy atom. The van der Waals surface area contributed by atoms with Crippen molar-refractivity contribution in [2.24, 2.45) is 0 Å². The largest absolute Gasteiger partial charge is 0.331 e. The third kappa shape index (κ3) is 3.44. The maximum atomic E-state index is 13.5. The minimum Gasteiger partial charge on any atom is -0.331 e. The summed E-state index contributed by atoms with van der Waals surface area (Å²) in [5, 5.41) is 13.0. The van der Waals surface area contributed by atoms with Crippen LogP contribution >= 0.6 is 11.3 Å². The number of amides is 1. The Hall–Kier alpha value is -3.00. The number of thiophene rings is 1. The summed E-state index contributed by atoms with van der Waals surface area (Å²) in [5.74, 6) is -0.186. The first-order valence-corrected chi connectivity index (χ1v) is 11.3. The monoisotopic (exact) mass is 437 g/mol. The van der Waals surface area contributed by atoms with E-state index in [0.29, 0.717) is 6.54 Å². The zero-order valence-electron chi connectivity index (χ0n) is 17.8. The fraction of sp³-hybridized carbons (Fsp3) is 0.348. The van der Waals surface area contributed by atoms with Crippen molar-refractivity contribution in [2.75, 3.05) is 6.54 Å². The van der Waals surface area contributed by atoms with Crippen LogP contribution in [0.3, 0.4) is 0 Å². The van der Waals surface area contributed by atoms with E-state index >= 15 is 0 Å². The highest BCUT2D eigenvalue weighted by atomic mass is 32.1. The van der Waals surface area contributed by atoms with Gasteiger partial charge in [0.15, 0.2) is 0 Å². The zero-order chi connectivity index (χ0) is 21.7.